The molecule has 0 radical (unpaired) electrons. The monoisotopic (exact) mass is 309 g/mol. The van der Waals surface area contributed by atoms with Crippen LogP contribution in [0.15, 0.2) is 23.1 Å². The molecule has 0 spiro atoms. The van der Waals surface area contributed by atoms with Crippen LogP contribution in [0, 0.1) is 0 Å². The second-order valence-electron chi connectivity index (χ2n) is 5.54. The molecule has 3 rings (SSSR count). The van der Waals surface area contributed by atoms with E-state index in [9.17, 15) is 13.2 Å². The average molecular weight is 309 g/mol. The molecule has 1 saturated heterocycles. The Bertz CT molecular complexity index is 649. The molecule has 3 N–H and O–H groups in total. The van der Waals surface area contributed by atoms with E-state index in [1.165, 1.54) is 0 Å². The summed E-state index contributed by atoms with van der Waals surface area (Å²) in [6.45, 7) is 1.76. The molecule has 114 valence electrons. The predicted octanol–water partition coefficient (Wildman–Crippen LogP) is 0.602. The Kier molecular flexibility index (Phi) is 3.97. The van der Waals surface area contributed by atoms with Crippen molar-refractivity contribution >= 4 is 21.6 Å². The van der Waals surface area contributed by atoms with Crippen LogP contribution in [0.3, 0.4) is 0 Å². The first-order chi connectivity index (χ1) is 10.0. The molecule has 1 atom stereocenters. The SMILES string of the molecule is O=C1Cc2cc(S(=O)(=O)NC3CCCNCC3)ccc2N1. The minimum Gasteiger partial charge on any atom is -0.326 e. The lowest BCUT2D eigenvalue weighted by molar-refractivity contribution is -0.115. The Morgan fingerprint density at radius 3 is 2.90 bits per heavy atom. The second-order valence-corrected chi connectivity index (χ2v) is 7.26. The van der Waals surface area contributed by atoms with Crippen LogP contribution < -0.4 is 15.4 Å². The molecule has 7 heteroatoms. The average Bonchev–Trinajstić information content (AvgIpc) is 2.63. The van der Waals surface area contributed by atoms with Crippen molar-refractivity contribution in [3.8, 4) is 0 Å². The molecule has 1 unspecified atom stereocenters. The summed E-state index contributed by atoms with van der Waals surface area (Å²) >= 11 is 0. The number of carbonyl (C=O) groups excluding carboxylic acids is 1. The highest BCUT2D eigenvalue weighted by Crippen LogP contribution is 2.26. The summed E-state index contributed by atoms with van der Waals surface area (Å²) in [5.74, 6) is -0.0950. The summed E-state index contributed by atoms with van der Waals surface area (Å²) in [5.41, 5.74) is 1.45. The largest absolute Gasteiger partial charge is 0.326 e. The number of hydrogen-bond acceptors (Lipinski definition) is 4. The molecule has 2 aliphatic rings. The van der Waals surface area contributed by atoms with Crippen LogP contribution in [0.2, 0.25) is 0 Å². The van der Waals surface area contributed by atoms with Gasteiger partial charge in [0.1, 0.15) is 0 Å². The third kappa shape index (κ3) is 3.25. The van der Waals surface area contributed by atoms with Crippen molar-refractivity contribution in [1.29, 1.82) is 0 Å². The molecular weight excluding hydrogens is 290 g/mol. The van der Waals surface area contributed by atoms with Crippen LogP contribution in [-0.4, -0.2) is 33.5 Å². The van der Waals surface area contributed by atoms with Crippen LogP contribution in [0.5, 0.6) is 0 Å². The van der Waals surface area contributed by atoms with E-state index in [1.807, 2.05) is 0 Å². The lowest BCUT2D eigenvalue weighted by Gasteiger charge is -2.16. The van der Waals surface area contributed by atoms with Gasteiger partial charge in [0.05, 0.1) is 11.3 Å². The van der Waals surface area contributed by atoms with Gasteiger partial charge in [-0.1, -0.05) is 0 Å². The minimum absolute atomic E-state index is 0.0296. The molecule has 1 aromatic rings. The highest BCUT2D eigenvalue weighted by atomic mass is 32.2. The fourth-order valence-corrected chi connectivity index (χ4v) is 4.15. The predicted molar refractivity (Wildman–Crippen MR) is 79.6 cm³/mol. The van der Waals surface area contributed by atoms with E-state index >= 15 is 0 Å². The van der Waals surface area contributed by atoms with E-state index in [-0.39, 0.29) is 23.3 Å². The third-order valence-corrected chi connectivity index (χ3v) is 5.43. The number of carbonyl (C=O) groups is 1. The van der Waals surface area contributed by atoms with Gasteiger partial charge in [-0.3, -0.25) is 4.79 Å². The molecule has 0 bridgehead atoms. The first-order valence-electron chi connectivity index (χ1n) is 7.20. The molecule has 21 heavy (non-hydrogen) atoms. The summed E-state index contributed by atoms with van der Waals surface area (Å²) in [4.78, 5) is 11.6. The van der Waals surface area contributed by atoms with E-state index in [2.05, 4.69) is 15.4 Å². The van der Waals surface area contributed by atoms with E-state index in [4.69, 9.17) is 0 Å². The number of fused-ring (bicyclic) bond motifs is 1. The number of nitrogens with one attached hydrogen (secondary N) is 3. The summed E-state index contributed by atoms with van der Waals surface area (Å²) in [6.07, 6.45) is 2.85. The lowest BCUT2D eigenvalue weighted by atomic mass is 10.1. The van der Waals surface area contributed by atoms with Gasteiger partial charge in [-0.2, -0.15) is 0 Å². The lowest BCUT2D eigenvalue weighted by Crippen LogP contribution is -2.35. The number of hydrogen-bond donors (Lipinski definition) is 3. The smallest absolute Gasteiger partial charge is 0.240 e. The normalized spacial score (nSPS) is 22.5. The van der Waals surface area contributed by atoms with Crippen LogP contribution >= 0.6 is 0 Å². The Labute approximate surface area is 124 Å². The molecule has 0 aromatic heterocycles. The zero-order valence-electron chi connectivity index (χ0n) is 11.7. The first-order valence-corrected chi connectivity index (χ1v) is 8.69. The van der Waals surface area contributed by atoms with E-state index < -0.39 is 10.0 Å². The van der Waals surface area contributed by atoms with Crippen molar-refractivity contribution in [3.05, 3.63) is 23.8 Å². The molecular formula is C14H19N3O3S. The Morgan fingerprint density at radius 2 is 2.05 bits per heavy atom. The standard InChI is InChI=1S/C14H19N3O3S/c18-14-9-10-8-12(3-4-13(10)16-14)21(19,20)17-11-2-1-6-15-7-5-11/h3-4,8,11,15,17H,1-2,5-7,9H2,(H,16,18). The highest BCUT2D eigenvalue weighted by molar-refractivity contribution is 7.89. The fraction of sp³-hybridized carbons (Fsp3) is 0.500. The Hall–Kier alpha value is -1.44. The zero-order chi connectivity index (χ0) is 14.9. The van der Waals surface area contributed by atoms with Gasteiger partial charge < -0.3 is 10.6 Å². The van der Waals surface area contributed by atoms with Crippen LogP contribution in [0.1, 0.15) is 24.8 Å². The molecule has 0 saturated carbocycles. The number of anilines is 1. The van der Waals surface area contributed by atoms with Gasteiger partial charge in [0.25, 0.3) is 0 Å². The molecule has 0 aliphatic carbocycles. The molecule has 1 aromatic carbocycles. The summed E-state index contributed by atoms with van der Waals surface area (Å²) < 4.78 is 27.7. The minimum atomic E-state index is -3.53. The molecule has 2 aliphatic heterocycles. The van der Waals surface area contributed by atoms with Gasteiger partial charge in [-0.05, 0) is 56.1 Å². The van der Waals surface area contributed by atoms with Gasteiger partial charge in [-0.25, -0.2) is 13.1 Å². The molecule has 1 fully saturated rings. The highest BCUT2D eigenvalue weighted by Gasteiger charge is 2.24. The summed E-state index contributed by atoms with van der Waals surface area (Å²) in [6, 6.07) is 4.76. The Morgan fingerprint density at radius 1 is 1.19 bits per heavy atom. The van der Waals surface area contributed by atoms with Gasteiger partial charge in [0.2, 0.25) is 15.9 Å². The molecule has 6 nitrogen and oxygen atoms in total. The third-order valence-electron chi connectivity index (χ3n) is 3.91. The zero-order valence-corrected chi connectivity index (χ0v) is 12.5. The van der Waals surface area contributed by atoms with Crippen molar-refractivity contribution in [2.75, 3.05) is 18.4 Å². The number of amides is 1. The van der Waals surface area contributed by atoms with Gasteiger partial charge in [0.15, 0.2) is 0 Å². The topological polar surface area (TPSA) is 87.3 Å². The van der Waals surface area contributed by atoms with E-state index in [1.54, 1.807) is 18.2 Å². The number of benzene rings is 1. The van der Waals surface area contributed by atoms with Gasteiger partial charge >= 0.3 is 0 Å². The first kappa shape index (κ1) is 14.5. The van der Waals surface area contributed by atoms with Crippen molar-refractivity contribution in [2.45, 2.75) is 36.6 Å². The fourth-order valence-electron chi connectivity index (χ4n) is 2.80. The maximum Gasteiger partial charge on any atom is 0.240 e. The van der Waals surface area contributed by atoms with Crippen LogP contribution in [0.4, 0.5) is 5.69 Å². The van der Waals surface area contributed by atoms with E-state index in [0.29, 0.717) is 5.69 Å². The Balaban J connectivity index is 1.78. The maximum atomic E-state index is 12.5. The van der Waals surface area contributed by atoms with E-state index in [0.717, 1.165) is 37.9 Å². The number of sulfonamides is 1. The summed E-state index contributed by atoms with van der Waals surface area (Å²) in [5, 5.41) is 5.96. The van der Waals surface area contributed by atoms with Crippen LogP contribution in [-0.2, 0) is 21.2 Å². The van der Waals surface area contributed by atoms with Crippen molar-refractivity contribution in [3.63, 3.8) is 0 Å². The number of rotatable bonds is 3. The van der Waals surface area contributed by atoms with Gasteiger partial charge in [0, 0.05) is 11.7 Å². The summed E-state index contributed by atoms with van der Waals surface area (Å²) in [7, 11) is -3.53. The van der Waals surface area contributed by atoms with Crippen LogP contribution in [0.25, 0.3) is 0 Å². The molecule has 2 heterocycles. The van der Waals surface area contributed by atoms with Crippen molar-refractivity contribution in [1.82, 2.24) is 10.0 Å². The van der Waals surface area contributed by atoms with Crippen molar-refractivity contribution in [2.24, 2.45) is 0 Å². The second kappa shape index (κ2) is 5.75. The van der Waals surface area contributed by atoms with Gasteiger partial charge in [-0.15, -0.1) is 0 Å². The quantitative estimate of drug-likeness (QED) is 0.763. The molecule has 1 amide bonds. The van der Waals surface area contributed by atoms with Crippen molar-refractivity contribution < 1.29 is 13.2 Å². The maximum absolute atomic E-state index is 12.5.